The third kappa shape index (κ3) is 6.30. The molecule has 2 aliphatic heterocycles. The molecule has 0 aliphatic carbocycles. The molecule has 4 rings (SSSR count). The Balaban J connectivity index is 1.32. The summed E-state index contributed by atoms with van der Waals surface area (Å²) >= 11 is 1.54. The molecule has 0 bridgehead atoms. The molecule has 3 heterocycles. The van der Waals surface area contributed by atoms with Gasteiger partial charge in [0.1, 0.15) is 11.5 Å². The molecular weight excluding hydrogens is 481 g/mol. The number of aromatic nitrogens is 1. The number of nitrogens with zero attached hydrogens (tertiary/aromatic N) is 3. The van der Waals surface area contributed by atoms with E-state index in [1.165, 1.54) is 11.3 Å². The molecule has 1 spiro atoms. The first-order valence-corrected chi connectivity index (χ1v) is 13.7. The predicted octanol–water partition coefficient (Wildman–Crippen LogP) is 4.41. The van der Waals surface area contributed by atoms with Crippen LogP contribution in [-0.2, 0) is 27.2 Å². The summed E-state index contributed by atoms with van der Waals surface area (Å²) in [6, 6.07) is 5.42. The summed E-state index contributed by atoms with van der Waals surface area (Å²) in [5.41, 5.74) is 1.39. The molecule has 0 radical (unpaired) electrons. The van der Waals surface area contributed by atoms with Gasteiger partial charge in [0.05, 0.1) is 30.4 Å². The number of rotatable bonds is 8. The normalized spacial score (nSPS) is 18.1. The molecule has 0 atom stereocenters. The second-order valence-corrected chi connectivity index (χ2v) is 10.9. The summed E-state index contributed by atoms with van der Waals surface area (Å²) in [5, 5.41) is 2.84. The Kier molecular flexibility index (Phi) is 8.74. The highest BCUT2D eigenvalue weighted by Crippen LogP contribution is 2.32. The number of carbonyl (C=O) groups excluding carboxylic acids is 2. The zero-order valence-electron chi connectivity index (χ0n) is 21.4. The fourth-order valence-electron chi connectivity index (χ4n) is 4.82. The molecule has 1 aromatic heterocycles. The minimum Gasteiger partial charge on any atom is -0.465 e. The Morgan fingerprint density at radius 1 is 1.22 bits per heavy atom. The van der Waals surface area contributed by atoms with Crippen LogP contribution in [0.25, 0.3) is 0 Å². The number of amides is 1. The van der Waals surface area contributed by atoms with Crippen LogP contribution in [0.5, 0.6) is 0 Å². The fourth-order valence-corrected chi connectivity index (χ4v) is 5.63. The number of hydrogen-bond donors (Lipinski definition) is 0. The molecule has 0 saturated carbocycles. The smallest absolute Gasteiger partial charge is 0.305 e. The van der Waals surface area contributed by atoms with Gasteiger partial charge in [0.2, 0.25) is 0 Å². The second-order valence-electron chi connectivity index (χ2n) is 9.97. The predicted molar refractivity (Wildman–Crippen MR) is 137 cm³/mol. The summed E-state index contributed by atoms with van der Waals surface area (Å²) in [7, 11) is 0. The molecule has 2 aliphatic rings. The maximum atomic E-state index is 15.1. The minimum atomic E-state index is -0.356. The van der Waals surface area contributed by atoms with E-state index in [-0.39, 0.29) is 29.9 Å². The number of ether oxygens (including phenoxy) is 2. The monoisotopic (exact) mass is 517 g/mol. The van der Waals surface area contributed by atoms with E-state index in [1.807, 2.05) is 22.4 Å². The lowest BCUT2D eigenvalue weighted by Crippen LogP contribution is -2.58. The Bertz CT molecular complexity index is 1070. The quantitative estimate of drug-likeness (QED) is 0.483. The van der Waals surface area contributed by atoms with E-state index in [2.05, 4.69) is 23.7 Å². The van der Waals surface area contributed by atoms with Crippen molar-refractivity contribution in [2.75, 3.05) is 39.4 Å². The van der Waals surface area contributed by atoms with Crippen LogP contribution in [0.15, 0.2) is 23.6 Å². The molecule has 7 nitrogen and oxygen atoms in total. The van der Waals surface area contributed by atoms with E-state index in [4.69, 9.17) is 9.47 Å². The molecule has 1 amide bonds. The van der Waals surface area contributed by atoms with Crippen LogP contribution in [-0.4, -0.2) is 71.7 Å². The molecule has 2 fully saturated rings. The number of esters is 1. The maximum absolute atomic E-state index is 15.1. The van der Waals surface area contributed by atoms with Crippen molar-refractivity contribution in [3.8, 4) is 0 Å². The van der Waals surface area contributed by atoms with Crippen molar-refractivity contribution in [3.63, 3.8) is 0 Å². The standard InChI is InChI=1S/C27H36FN3O4S/c1-4-23(32)34-14-8-20-6-5-7-21(24(20)28)16-30-11-9-27(10-12-30)18-31(13-15-35-27)26(33)22-17-36-25(29-22)19(2)3/h5-7,17,19H,4,8-16,18H2,1-3H3. The Hall–Kier alpha value is -2.36. The molecule has 0 unspecified atom stereocenters. The summed E-state index contributed by atoms with van der Waals surface area (Å²) in [6.07, 6.45) is 2.27. The SMILES string of the molecule is CCC(=O)OCCc1cccc(CN2CCC3(CC2)CN(C(=O)c2csc(C(C)C)n2)CCO3)c1F. The third-order valence-corrected chi connectivity index (χ3v) is 8.16. The molecular formula is C27H36FN3O4S. The van der Waals surface area contributed by atoms with E-state index in [0.717, 1.165) is 30.9 Å². The van der Waals surface area contributed by atoms with Crippen LogP contribution in [0.1, 0.15) is 72.6 Å². The fraction of sp³-hybridized carbons (Fsp3) is 0.593. The number of likely N-dealkylation sites (tertiary alicyclic amines) is 1. The van der Waals surface area contributed by atoms with Gasteiger partial charge in [-0.25, -0.2) is 9.37 Å². The summed E-state index contributed by atoms with van der Waals surface area (Å²) in [6.45, 7) is 9.81. The molecule has 1 aromatic carbocycles. The van der Waals surface area contributed by atoms with E-state index in [1.54, 1.807) is 13.0 Å². The lowest BCUT2D eigenvalue weighted by atomic mass is 9.89. The van der Waals surface area contributed by atoms with Crippen molar-refractivity contribution >= 4 is 23.2 Å². The van der Waals surface area contributed by atoms with Crippen molar-refractivity contribution in [1.29, 1.82) is 0 Å². The minimum absolute atomic E-state index is 0.0215. The van der Waals surface area contributed by atoms with Crippen molar-refractivity contribution < 1.29 is 23.5 Å². The van der Waals surface area contributed by atoms with Crippen molar-refractivity contribution in [2.45, 2.75) is 64.5 Å². The lowest BCUT2D eigenvalue weighted by Gasteiger charge is -2.47. The summed E-state index contributed by atoms with van der Waals surface area (Å²) in [5.74, 6) is -0.210. The molecule has 0 N–H and O–H groups in total. The first kappa shape index (κ1) is 26.7. The Morgan fingerprint density at radius 2 is 1.97 bits per heavy atom. The highest BCUT2D eigenvalue weighted by atomic mass is 32.1. The number of thiazole rings is 1. The number of hydrogen-bond acceptors (Lipinski definition) is 7. The van der Waals surface area contributed by atoms with Crippen molar-refractivity contribution in [1.82, 2.24) is 14.8 Å². The third-order valence-electron chi connectivity index (χ3n) is 7.01. The van der Waals surface area contributed by atoms with Crippen LogP contribution in [0, 0.1) is 5.82 Å². The maximum Gasteiger partial charge on any atom is 0.305 e. The Labute approximate surface area is 216 Å². The van der Waals surface area contributed by atoms with Gasteiger partial charge in [-0.2, -0.15) is 0 Å². The topological polar surface area (TPSA) is 72.0 Å². The van der Waals surface area contributed by atoms with Crippen LogP contribution in [0.2, 0.25) is 0 Å². The number of halogens is 1. The number of piperidine rings is 1. The first-order chi connectivity index (χ1) is 17.3. The van der Waals surface area contributed by atoms with Gasteiger partial charge in [0.25, 0.3) is 5.91 Å². The largest absolute Gasteiger partial charge is 0.465 e. The molecule has 196 valence electrons. The van der Waals surface area contributed by atoms with Gasteiger partial charge in [-0.3, -0.25) is 14.5 Å². The van der Waals surface area contributed by atoms with Crippen LogP contribution >= 0.6 is 11.3 Å². The molecule has 2 saturated heterocycles. The molecule has 36 heavy (non-hydrogen) atoms. The first-order valence-electron chi connectivity index (χ1n) is 12.8. The zero-order chi connectivity index (χ0) is 25.7. The van der Waals surface area contributed by atoms with Gasteiger partial charge in [-0.05, 0) is 18.4 Å². The summed E-state index contributed by atoms with van der Waals surface area (Å²) in [4.78, 5) is 33.1. The average molecular weight is 518 g/mol. The van der Waals surface area contributed by atoms with Gasteiger partial charge in [-0.15, -0.1) is 11.3 Å². The van der Waals surface area contributed by atoms with Crippen LogP contribution < -0.4 is 0 Å². The number of morpholine rings is 1. The van der Waals surface area contributed by atoms with E-state index >= 15 is 4.39 Å². The Morgan fingerprint density at radius 3 is 2.67 bits per heavy atom. The number of carbonyl (C=O) groups is 2. The van der Waals surface area contributed by atoms with Crippen LogP contribution in [0.3, 0.4) is 0 Å². The van der Waals surface area contributed by atoms with Gasteiger partial charge in [0, 0.05) is 55.9 Å². The average Bonchev–Trinajstić information content (AvgIpc) is 3.38. The van der Waals surface area contributed by atoms with E-state index < -0.39 is 0 Å². The highest BCUT2D eigenvalue weighted by Gasteiger charge is 2.41. The highest BCUT2D eigenvalue weighted by molar-refractivity contribution is 7.09. The molecule has 2 aromatic rings. The van der Waals surface area contributed by atoms with Gasteiger partial charge in [-0.1, -0.05) is 39.0 Å². The second kappa shape index (κ2) is 11.8. The van der Waals surface area contributed by atoms with Crippen LogP contribution in [0.4, 0.5) is 4.39 Å². The van der Waals surface area contributed by atoms with E-state index in [0.29, 0.717) is 61.8 Å². The van der Waals surface area contributed by atoms with Crippen molar-refractivity contribution in [3.05, 3.63) is 51.2 Å². The van der Waals surface area contributed by atoms with Gasteiger partial charge >= 0.3 is 5.97 Å². The lowest BCUT2D eigenvalue weighted by molar-refractivity contribution is -0.143. The number of benzene rings is 1. The van der Waals surface area contributed by atoms with Crippen molar-refractivity contribution in [2.24, 2.45) is 0 Å². The van der Waals surface area contributed by atoms with E-state index in [9.17, 15) is 9.59 Å². The zero-order valence-corrected chi connectivity index (χ0v) is 22.2. The van der Waals surface area contributed by atoms with Gasteiger partial charge < -0.3 is 14.4 Å². The van der Waals surface area contributed by atoms with Gasteiger partial charge in [0.15, 0.2) is 0 Å². The summed E-state index contributed by atoms with van der Waals surface area (Å²) < 4.78 is 26.4. The molecule has 9 heteroatoms.